The molecule has 17 heavy (non-hydrogen) atoms. The van der Waals surface area contributed by atoms with Gasteiger partial charge in [0.25, 0.3) is 5.56 Å². The Hall–Kier alpha value is -2.31. The maximum atomic E-state index is 11.6. The first-order chi connectivity index (χ1) is 8.15. The molecule has 2 aromatic rings. The van der Waals surface area contributed by atoms with Crippen molar-refractivity contribution in [1.82, 2.24) is 19.5 Å². The smallest absolute Gasteiger partial charge is 0.280 e. The summed E-state index contributed by atoms with van der Waals surface area (Å²) >= 11 is 0. The van der Waals surface area contributed by atoms with E-state index in [1.165, 1.54) is 0 Å². The summed E-state index contributed by atoms with van der Waals surface area (Å²) in [5.74, 6) is 0.932. The van der Waals surface area contributed by atoms with E-state index in [1.54, 1.807) is 10.9 Å². The third-order valence-corrected chi connectivity index (χ3v) is 2.69. The lowest BCUT2D eigenvalue weighted by molar-refractivity contribution is 0.0869. The lowest BCUT2D eigenvalue weighted by atomic mass is 10.4. The minimum absolute atomic E-state index is 0.0759. The summed E-state index contributed by atoms with van der Waals surface area (Å²) in [6, 6.07) is 0. The summed E-state index contributed by atoms with van der Waals surface area (Å²) in [7, 11) is 0. The van der Waals surface area contributed by atoms with Crippen molar-refractivity contribution < 1.29 is 4.74 Å². The predicted molar refractivity (Wildman–Crippen MR) is 61.1 cm³/mol. The molecule has 0 radical (unpaired) electrons. The highest BCUT2D eigenvalue weighted by atomic mass is 16.5. The minimum atomic E-state index is -0.339. The van der Waals surface area contributed by atoms with Gasteiger partial charge in [-0.2, -0.15) is 4.98 Å². The number of aromatic nitrogens is 4. The molecule has 3 rings (SSSR count). The second-order valence-corrected chi connectivity index (χ2v) is 3.90. The Morgan fingerprint density at radius 2 is 2.47 bits per heavy atom. The largest absolute Gasteiger partial charge is 0.475 e. The number of nitrogens with zero attached hydrogens (tertiary/aromatic N) is 3. The van der Waals surface area contributed by atoms with Crippen LogP contribution in [-0.2, 0) is 4.74 Å². The number of imidazole rings is 1. The number of nitrogens with one attached hydrogen (secondary N) is 1. The lowest BCUT2D eigenvalue weighted by Gasteiger charge is -2.13. The molecule has 2 aromatic heterocycles. The summed E-state index contributed by atoms with van der Waals surface area (Å²) < 4.78 is 7.30. The van der Waals surface area contributed by atoms with Crippen LogP contribution in [0.4, 0.5) is 5.95 Å². The molecule has 0 aromatic carbocycles. The summed E-state index contributed by atoms with van der Waals surface area (Å²) in [6.45, 7) is 1.88. The van der Waals surface area contributed by atoms with Crippen LogP contribution in [0.25, 0.3) is 11.2 Å². The molecule has 1 aliphatic rings. The minimum Gasteiger partial charge on any atom is -0.475 e. The van der Waals surface area contributed by atoms with E-state index in [0.717, 1.165) is 12.2 Å². The molecular formula is C10H11N5O2. The van der Waals surface area contributed by atoms with Crippen molar-refractivity contribution in [3.63, 3.8) is 0 Å². The number of anilines is 1. The number of rotatable bonds is 1. The van der Waals surface area contributed by atoms with Gasteiger partial charge < -0.3 is 10.5 Å². The molecule has 0 spiro atoms. The number of ether oxygens (including phenoxy) is 1. The van der Waals surface area contributed by atoms with Crippen LogP contribution in [0.1, 0.15) is 19.6 Å². The molecular weight excluding hydrogens is 222 g/mol. The molecule has 88 valence electrons. The fraction of sp³-hybridized carbons (Fsp3) is 0.300. The Morgan fingerprint density at radius 3 is 3.18 bits per heavy atom. The molecule has 0 saturated heterocycles. The van der Waals surface area contributed by atoms with Gasteiger partial charge in [-0.25, -0.2) is 4.98 Å². The van der Waals surface area contributed by atoms with Crippen molar-refractivity contribution in [2.24, 2.45) is 0 Å². The molecule has 0 amide bonds. The van der Waals surface area contributed by atoms with Crippen LogP contribution < -0.4 is 11.3 Å². The van der Waals surface area contributed by atoms with Crippen molar-refractivity contribution in [2.45, 2.75) is 19.6 Å². The van der Waals surface area contributed by atoms with Gasteiger partial charge in [-0.1, -0.05) is 0 Å². The van der Waals surface area contributed by atoms with Gasteiger partial charge in [0.15, 0.2) is 17.4 Å². The molecule has 3 heterocycles. The van der Waals surface area contributed by atoms with E-state index in [1.807, 2.05) is 13.0 Å². The van der Waals surface area contributed by atoms with E-state index in [9.17, 15) is 4.79 Å². The fourth-order valence-electron chi connectivity index (χ4n) is 1.90. The number of allylic oxidation sites excluding steroid dienone is 1. The number of H-pyrrole nitrogens is 1. The Morgan fingerprint density at radius 1 is 1.65 bits per heavy atom. The van der Waals surface area contributed by atoms with E-state index in [0.29, 0.717) is 5.65 Å². The van der Waals surface area contributed by atoms with Gasteiger partial charge >= 0.3 is 0 Å². The summed E-state index contributed by atoms with van der Waals surface area (Å²) in [6.07, 6.45) is 4.05. The average Bonchev–Trinajstić information content (AvgIpc) is 2.83. The zero-order valence-electron chi connectivity index (χ0n) is 9.17. The van der Waals surface area contributed by atoms with E-state index in [2.05, 4.69) is 15.0 Å². The zero-order chi connectivity index (χ0) is 12.0. The van der Waals surface area contributed by atoms with E-state index < -0.39 is 0 Å². The van der Waals surface area contributed by atoms with Gasteiger partial charge in [-0.3, -0.25) is 14.3 Å². The fourth-order valence-corrected chi connectivity index (χ4v) is 1.90. The van der Waals surface area contributed by atoms with Crippen LogP contribution in [0, 0.1) is 0 Å². The SMILES string of the molecule is CC1=CC[C@H](n2cnc3c(=O)[nH]c(N)nc32)O1. The van der Waals surface area contributed by atoms with Crippen LogP contribution in [-0.4, -0.2) is 19.5 Å². The number of fused-ring (bicyclic) bond motifs is 1. The van der Waals surface area contributed by atoms with Crippen LogP contribution in [0.15, 0.2) is 23.0 Å². The zero-order valence-corrected chi connectivity index (χ0v) is 9.17. The first-order valence-electron chi connectivity index (χ1n) is 5.21. The first-order valence-corrected chi connectivity index (χ1v) is 5.21. The molecule has 1 atom stereocenters. The quantitative estimate of drug-likeness (QED) is 0.748. The van der Waals surface area contributed by atoms with Crippen molar-refractivity contribution in [3.8, 4) is 0 Å². The number of nitrogen functional groups attached to an aromatic ring is 1. The Balaban J connectivity index is 2.15. The molecule has 0 saturated carbocycles. The van der Waals surface area contributed by atoms with Crippen molar-refractivity contribution in [3.05, 3.63) is 28.5 Å². The second kappa shape index (κ2) is 3.34. The average molecular weight is 233 g/mol. The number of nitrogens with two attached hydrogens (primary N) is 1. The molecule has 3 N–H and O–H groups in total. The number of aromatic amines is 1. The van der Waals surface area contributed by atoms with Crippen LogP contribution in [0.2, 0.25) is 0 Å². The lowest BCUT2D eigenvalue weighted by Crippen LogP contribution is -2.14. The van der Waals surface area contributed by atoms with Gasteiger partial charge in [-0.15, -0.1) is 0 Å². The van der Waals surface area contributed by atoms with Crippen molar-refractivity contribution in [1.29, 1.82) is 0 Å². The number of hydrogen-bond acceptors (Lipinski definition) is 5. The number of hydrogen-bond donors (Lipinski definition) is 2. The Labute approximate surface area is 95.9 Å². The molecule has 0 unspecified atom stereocenters. The van der Waals surface area contributed by atoms with Gasteiger partial charge in [0.05, 0.1) is 5.76 Å². The van der Waals surface area contributed by atoms with Gasteiger partial charge in [0.1, 0.15) is 6.33 Å². The maximum Gasteiger partial charge on any atom is 0.280 e. The molecule has 0 fully saturated rings. The summed E-state index contributed by atoms with van der Waals surface area (Å²) in [5.41, 5.74) is 5.89. The van der Waals surface area contributed by atoms with Gasteiger partial charge in [-0.05, 0) is 13.0 Å². The van der Waals surface area contributed by atoms with Crippen LogP contribution >= 0.6 is 0 Å². The van der Waals surface area contributed by atoms with Crippen molar-refractivity contribution >= 4 is 17.1 Å². The summed E-state index contributed by atoms with van der Waals surface area (Å²) in [4.78, 5) is 22.1. The predicted octanol–water partition coefficient (Wildman–Crippen LogP) is 0.524. The van der Waals surface area contributed by atoms with Crippen LogP contribution in [0.5, 0.6) is 0 Å². The third kappa shape index (κ3) is 1.47. The topological polar surface area (TPSA) is 98.8 Å². The Bertz CT molecular complexity index is 669. The second-order valence-electron chi connectivity index (χ2n) is 3.90. The molecule has 0 aliphatic carbocycles. The third-order valence-electron chi connectivity index (χ3n) is 2.69. The highest BCUT2D eigenvalue weighted by Gasteiger charge is 2.21. The van der Waals surface area contributed by atoms with E-state index in [4.69, 9.17) is 10.5 Å². The monoisotopic (exact) mass is 233 g/mol. The molecule has 7 nitrogen and oxygen atoms in total. The molecule has 7 heteroatoms. The first kappa shape index (κ1) is 9.88. The standard InChI is InChI=1S/C10H11N5O2/c1-5-2-3-6(17-5)15-4-12-7-8(15)13-10(11)14-9(7)16/h2,4,6H,3H2,1H3,(H3,11,13,14,16)/t6-/m1/s1. The van der Waals surface area contributed by atoms with Crippen LogP contribution in [0.3, 0.4) is 0 Å². The van der Waals surface area contributed by atoms with Crippen molar-refractivity contribution in [2.75, 3.05) is 5.73 Å². The summed E-state index contributed by atoms with van der Waals surface area (Å²) in [5, 5.41) is 0. The highest BCUT2D eigenvalue weighted by molar-refractivity contribution is 5.70. The van der Waals surface area contributed by atoms with E-state index in [-0.39, 0.29) is 23.3 Å². The van der Waals surface area contributed by atoms with Gasteiger partial charge in [0.2, 0.25) is 5.95 Å². The maximum absolute atomic E-state index is 11.6. The molecule has 1 aliphatic heterocycles. The van der Waals surface area contributed by atoms with Gasteiger partial charge in [0, 0.05) is 6.42 Å². The van der Waals surface area contributed by atoms with E-state index >= 15 is 0 Å². The molecule has 0 bridgehead atoms. The Kier molecular flexibility index (Phi) is 1.94. The highest BCUT2D eigenvalue weighted by Crippen LogP contribution is 2.27. The normalized spacial score (nSPS) is 19.4.